The largest absolute Gasteiger partial charge is 0.394 e. The highest BCUT2D eigenvalue weighted by Crippen LogP contribution is 2.42. The Morgan fingerprint density at radius 2 is 0.533 bits per heavy atom. The van der Waals surface area contributed by atoms with E-state index in [1.807, 2.05) is 0 Å². The second-order valence-corrected chi connectivity index (χ2v) is 30.5. The lowest BCUT2D eigenvalue weighted by molar-refractivity contribution is -0.408. The topological polar surface area (TPSA) is 818 Å². The van der Waals surface area contributed by atoms with Crippen LogP contribution in [0.15, 0.2) is 0 Å². The van der Waals surface area contributed by atoms with Gasteiger partial charge < -0.3 is 244 Å². The third-order valence-electron chi connectivity index (χ3n) is 22.1. The van der Waals surface area contributed by atoms with Crippen molar-refractivity contribution in [2.24, 2.45) is 0 Å². The zero-order valence-electron chi connectivity index (χ0n) is 64.7. The van der Waals surface area contributed by atoms with Gasteiger partial charge in [0.05, 0.1) is 65.6 Å². The molecule has 30 N–H and O–H groups in total. The molecule has 4 amide bonds. The van der Waals surface area contributed by atoms with E-state index in [0.717, 1.165) is 27.7 Å². The maximum Gasteiger partial charge on any atom is 0.217 e. The van der Waals surface area contributed by atoms with Gasteiger partial charge in [0.25, 0.3) is 0 Å². The smallest absolute Gasteiger partial charge is 0.217 e. The molecule has 0 aromatic heterocycles. The third-order valence-corrected chi connectivity index (χ3v) is 22.1. The second kappa shape index (κ2) is 42.8. The van der Waals surface area contributed by atoms with Crippen LogP contribution in [-0.4, -0.2) is 517 Å². The number of amides is 4. The number of nitrogens with one attached hydrogen (secondary N) is 4. The number of aliphatic hydroxyl groups excluding tert-OH is 26. The van der Waals surface area contributed by atoms with Crippen molar-refractivity contribution in [3.63, 3.8) is 0 Å². The monoisotopic (exact) mass is 1760 g/mol. The van der Waals surface area contributed by atoms with E-state index in [-0.39, 0.29) is 0 Å². The number of aliphatic hydroxyl groups is 26. The fourth-order valence-electron chi connectivity index (χ4n) is 15.6. The highest BCUT2D eigenvalue weighted by atomic mass is 16.8. The minimum Gasteiger partial charge on any atom is -0.394 e. The number of ether oxygens (including phenoxy) is 19. The molecule has 0 aromatic rings. The molecule has 0 unspecified atom stereocenters. The Morgan fingerprint density at radius 3 is 1.03 bits per heavy atom. The molecule has 10 aliphatic heterocycles. The summed E-state index contributed by atoms with van der Waals surface area (Å²) in [6.07, 6.45) is -95.6. The molecule has 10 aliphatic rings. The van der Waals surface area contributed by atoms with E-state index in [1.54, 1.807) is 0 Å². The Balaban J connectivity index is 1.07. The van der Waals surface area contributed by atoms with Crippen LogP contribution in [0.2, 0.25) is 0 Å². The third kappa shape index (κ3) is 21.4. The molecule has 0 spiro atoms. The van der Waals surface area contributed by atoms with E-state index in [4.69, 9.17) is 90.0 Å². The van der Waals surface area contributed by atoms with Gasteiger partial charge >= 0.3 is 0 Å². The molecule has 694 valence electrons. The van der Waals surface area contributed by atoms with Crippen molar-refractivity contribution in [1.82, 2.24) is 21.3 Å². The molecule has 0 aromatic carbocycles. The van der Waals surface area contributed by atoms with Gasteiger partial charge in [-0.05, 0) is 6.92 Å². The summed E-state index contributed by atoms with van der Waals surface area (Å²) in [5, 5.41) is 301. The number of hydrogen-bond acceptors (Lipinski definition) is 49. The van der Waals surface area contributed by atoms with Crippen molar-refractivity contribution in [3.8, 4) is 0 Å². The molecular weight excluding hydrogens is 1640 g/mol. The maximum atomic E-state index is 13.5. The molecule has 53 nitrogen and oxygen atoms in total. The SMILES string of the molecule is CC(=O)N[C@@H]1[C@@H](O[C@@H]2O[C@@H](C)[C@@H](O)[C@@H](O)[C@@H]2O)[C@H](O[C@@H]2O[C@H](CO)[C@@H](O[C@@H]3O[C@H](CO[C@H]4O[C@H](CO)[C@@H](O)[C@H](O)[C@@H]4O[C@@H]4O[C@H](CO)[C@@H](O)[C@H](O)[C@H]4NC(C)=O)[C@@H](O)[C@H](O[C@H]4O[C@H](CO)[C@@H](O)[C@H](O)[C@@H]4O[C@@H]4O[C@H](CO)[C@@H](O)[C@H](O[C@@H]5O[C@H](CO)[C@H](O)[C@H](O)[C@H]5O)[C@H]4NC(C)=O)[C@@H]3O[C@@H]3O[C@H](CO)[C@H](O)[C@H]3O)[C@H](O)[C@H]2NC(C)=O)[C@@H](CO)O[C@H]1O. The molecule has 0 bridgehead atoms. The lowest BCUT2D eigenvalue weighted by Crippen LogP contribution is -2.71. The van der Waals surface area contributed by atoms with Crippen LogP contribution in [0.5, 0.6) is 0 Å². The molecule has 120 heavy (non-hydrogen) atoms. The van der Waals surface area contributed by atoms with Crippen molar-refractivity contribution in [1.29, 1.82) is 0 Å². The summed E-state index contributed by atoms with van der Waals surface area (Å²) in [5.41, 5.74) is 0. The van der Waals surface area contributed by atoms with Gasteiger partial charge in [-0.3, -0.25) is 19.2 Å². The summed E-state index contributed by atoms with van der Waals surface area (Å²) in [7, 11) is 0. The summed E-state index contributed by atoms with van der Waals surface area (Å²) >= 11 is 0. The number of rotatable bonds is 31. The zero-order chi connectivity index (χ0) is 88.2. The Hall–Kier alpha value is -3.92. The van der Waals surface area contributed by atoms with Crippen LogP contribution in [0.3, 0.4) is 0 Å². The Labute approximate surface area is 679 Å². The molecule has 10 fully saturated rings. The summed E-state index contributed by atoms with van der Waals surface area (Å²) in [5.74, 6) is -3.78. The molecular formula is C67H112N4O49. The molecule has 10 heterocycles. The van der Waals surface area contributed by atoms with Crippen molar-refractivity contribution < 1.29 is 242 Å². The van der Waals surface area contributed by atoms with Crippen LogP contribution in [0.4, 0.5) is 0 Å². The van der Waals surface area contributed by atoms with E-state index in [0.29, 0.717) is 0 Å². The molecule has 0 saturated carbocycles. The maximum absolute atomic E-state index is 13.5. The van der Waals surface area contributed by atoms with Gasteiger partial charge in [0, 0.05) is 27.7 Å². The zero-order valence-corrected chi connectivity index (χ0v) is 64.7. The second-order valence-electron chi connectivity index (χ2n) is 30.5. The lowest BCUT2D eigenvalue weighted by Gasteiger charge is -2.52. The van der Waals surface area contributed by atoms with Crippen molar-refractivity contribution in [2.45, 2.75) is 335 Å². The van der Waals surface area contributed by atoms with E-state index < -0.39 is 384 Å². The lowest BCUT2D eigenvalue weighted by atomic mass is 9.93. The first-order chi connectivity index (χ1) is 56.8. The Morgan fingerprint density at radius 1 is 0.233 bits per heavy atom. The number of carbonyl (C=O) groups is 4. The van der Waals surface area contributed by atoms with Gasteiger partial charge in [-0.2, -0.15) is 0 Å². The quantitative estimate of drug-likeness (QED) is 0.0306. The average molecular weight is 1760 g/mol. The van der Waals surface area contributed by atoms with Crippen LogP contribution in [-0.2, 0) is 109 Å². The van der Waals surface area contributed by atoms with Gasteiger partial charge in [-0.25, -0.2) is 0 Å². The van der Waals surface area contributed by atoms with E-state index in [1.165, 1.54) is 6.92 Å². The molecule has 49 atom stereocenters. The first-order valence-corrected chi connectivity index (χ1v) is 38.4. The summed E-state index contributed by atoms with van der Waals surface area (Å²) < 4.78 is 116. The summed E-state index contributed by atoms with van der Waals surface area (Å²) in [6, 6.07) is -7.69. The molecule has 10 rings (SSSR count). The van der Waals surface area contributed by atoms with Gasteiger partial charge in [0.15, 0.2) is 62.9 Å². The van der Waals surface area contributed by atoms with Crippen molar-refractivity contribution in [2.75, 3.05) is 59.5 Å². The molecule has 0 radical (unpaired) electrons. The van der Waals surface area contributed by atoms with Crippen molar-refractivity contribution >= 4 is 23.6 Å². The standard InChI is InChI=1S/C67H112N4O49/c1-15-33(84)43(94)48(99)62(103-15)116-53-31(70-18(4)82)58(101)104-27(13-79)51(53)114-60-30(69-17(3)81)42(93)50(26(12-78)111-60)113-67-57(120-63-47(98)38(89)24(10-76)108-63)54(40(91)28(112-67)14-102-65-55(45(96)36(87)22(8-74)109-65)118-59-29(68-16(2)80)41(92)34(85)20(6-72)105-59)117-66-56(46(97)37(88)23(9-75)110-66)119-61-32(71-19(5)83)52(39(90)25(11-77)106-61)115-64-49(100)44(95)35(86)21(7-73)107-64/h15,20-67,72-79,84-101H,6-14H2,1-5H3,(H,68,80)(H,69,81)(H,70,82)(H,71,83)/t15-,20+,21+,22+,23+,24+,25+,26+,27+,28+,29+,30+,31+,32+,33+,34+,35-,36+,37+,38-,39+,40+,41+,42+,43+,44-,45-,46-,47+,48-,49+,50+,51+,52+,53+,54-,55-,56-,57-,58+,59-,60-,61-,62-,63-,64-,65-,66+,67-/m0/s1. The summed E-state index contributed by atoms with van der Waals surface area (Å²) in [6.45, 7) is -5.33. The highest BCUT2D eigenvalue weighted by molar-refractivity contribution is 5.74. The first kappa shape index (κ1) is 98.3. The van der Waals surface area contributed by atoms with E-state index in [9.17, 15) is 152 Å². The predicted octanol–water partition coefficient (Wildman–Crippen LogP) is -20.6. The molecule has 53 heteroatoms. The van der Waals surface area contributed by atoms with Crippen LogP contribution < -0.4 is 21.3 Å². The Kier molecular flexibility index (Phi) is 35.0. The van der Waals surface area contributed by atoms with Crippen LogP contribution in [0.25, 0.3) is 0 Å². The minimum absolute atomic E-state index is 0.875. The minimum atomic E-state index is -2.60. The normalized spacial score (nSPS) is 49.6. The number of hydrogen-bond donors (Lipinski definition) is 30. The molecule has 0 aliphatic carbocycles. The van der Waals surface area contributed by atoms with Crippen LogP contribution >= 0.6 is 0 Å². The van der Waals surface area contributed by atoms with Crippen molar-refractivity contribution in [3.05, 3.63) is 0 Å². The predicted molar refractivity (Wildman–Crippen MR) is 369 cm³/mol. The number of carbonyl (C=O) groups excluding carboxylic acids is 4. The highest BCUT2D eigenvalue weighted by Gasteiger charge is 2.63. The average Bonchev–Trinajstić information content (AvgIpc) is 0.969. The van der Waals surface area contributed by atoms with E-state index in [2.05, 4.69) is 21.3 Å². The van der Waals surface area contributed by atoms with E-state index >= 15 is 0 Å². The fourth-order valence-corrected chi connectivity index (χ4v) is 15.6. The Bertz CT molecular complexity index is 3230. The summed E-state index contributed by atoms with van der Waals surface area (Å²) in [4.78, 5) is 52.1. The van der Waals surface area contributed by atoms with Gasteiger partial charge in [-0.1, -0.05) is 0 Å². The van der Waals surface area contributed by atoms with Gasteiger partial charge in [0.1, 0.15) is 232 Å². The molecule has 10 saturated heterocycles. The fraction of sp³-hybridized carbons (Fsp3) is 0.940. The van der Waals surface area contributed by atoms with Gasteiger partial charge in [-0.15, -0.1) is 0 Å². The van der Waals surface area contributed by atoms with Crippen LogP contribution in [0.1, 0.15) is 34.6 Å². The van der Waals surface area contributed by atoms with Gasteiger partial charge in [0.2, 0.25) is 23.6 Å². The first-order valence-electron chi connectivity index (χ1n) is 38.4. The van der Waals surface area contributed by atoms with Crippen LogP contribution in [0, 0.1) is 0 Å².